The van der Waals surface area contributed by atoms with E-state index in [1.54, 1.807) is 47.5 Å². The molecule has 3 aliphatic heterocycles. The number of imide groups is 1. The molecular formula is C22H16N4O5. The zero-order chi connectivity index (χ0) is 21.7. The molecule has 4 atom stereocenters. The van der Waals surface area contributed by atoms with E-state index >= 15 is 0 Å². The Kier molecular flexibility index (Phi) is 4.25. The average Bonchev–Trinajstić information content (AvgIpc) is 3.27. The van der Waals surface area contributed by atoms with Crippen LogP contribution < -0.4 is 4.90 Å². The lowest BCUT2D eigenvalue weighted by Gasteiger charge is -2.30. The van der Waals surface area contributed by atoms with Crippen molar-refractivity contribution in [1.29, 1.82) is 0 Å². The summed E-state index contributed by atoms with van der Waals surface area (Å²) in [6.45, 7) is 0. The van der Waals surface area contributed by atoms with Crippen LogP contribution in [-0.2, 0) is 9.59 Å². The number of allylic oxidation sites excluding steroid dienone is 1. The number of ketones is 1. The number of Topliss-reactive ketones (excluding diaryl/α,β-unsaturated/α-hetero) is 1. The van der Waals surface area contributed by atoms with E-state index in [9.17, 15) is 24.5 Å². The lowest BCUT2D eigenvalue weighted by molar-refractivity contribution is -0.384. The third-order valence-corrected chi connectivity index (χ3v) is 5.94. The van der Waals surface area contributed by atoms with Crippen molar-refractivity contribution in [3.8, 4) is 0 Å². The van der Waals surface area contributed by atoms with Crippen LogP contribution in [0.25, 0.3) is 0 Å². The summed E-state index contributed by atoms with van der Waals surface area (Å²) in [6.07, 6.45) is 5.00. The molecule has 0 aliphatic carbocycles. The maximum Gasteiger partial charge on any atom is 0.269 e. The minimum absolute atomic E-state index is 0.143. The van der Waals surface area contributed by atoms with E-state index in [4.69, 9.17) is 0 Å². The number of nitro groups is 1. The first-order chi connectivity index (χ1) is 15.0. The van der Waals surface area contributed by atoms with Crippen molar-refractivity contribution >= 4 is 35.2 Å². The highest BCUT2D eigenvalue weighted by molar-refractivity contribution is 6.24. The van der Waals surface area contributed by atoms with E-state index in [2.05, 4.69) is 5.10 Å². The number of hydrazone groups is 1. The summed E-state index contributed by atoms with van der Waals surface area (Å²) in [5.74, 6) is -2.90. The number of amides is 2. The summed E-state index contributed by atoms with van der Waals surface area (Å²) in [7, 11) is 0. The Hall–Kier alpha value is -4.14. The smallest absolute Gasteiger partial charge is 0.269 e. The summed E-state index contributed by atoms with van der Waals surface area (Å²) in [5, 5.41) is 16.8. The van der Waals surface area contributed by atoms with E-state index in [1.807, 2.05) is 0 Å². The van der Waals surface area contributed by atoms with E-state index in [0.29, 0.717) is 5.56 Å². The number of carbonyl (C=O) groups is 3. The van der Waals surface area contributed by atoms with Crippen LogP contribution in [0.4, 0.5) is 11.4 Å². The molecule has 0 N–H and O–H groups in total. The van der Waals surface area contributed by atoms with Gasteiger partial charge in [0.2, 0.25) is 11.8 Å². The first-order valence-electron chi connectivity index (χ1n) is 9.69. The number of carbonyl (C=O) groups excluding carboxylic acids is 3. The van der Waals surface area contributed by atoms with Gasteiger partial charge in [0.15, 0.2) is 5.78 Å². The number of fused-ring (bicyclic) bond motifs is 3. The Labute approximate surface area is 176 Å². The zero-order valence-electron chi connectivity index (χ0n) is 16.1. The number of hydrogen-bond acceptors (Lipinski definition) is 7. The quantitative estimate of drug-likeness (QED) is 0.327. The number of nitro benzene ring substituents is 1. The second kappa shape index (κ2) is 6.98. The normalized spacial score (nSPS) is 26.2. The van der Waals surface area contributed by atoms with Crippen molar-refractivity contribution in [3.63, 3.8) is 0 Å². The maximum absolute atomic E-state index is 13.4. The van der Waals surface area contributed by atoms with Crippen molar-refractivity contribution in [2.75, 3.05) is 4.90 Å². The fourth-order valence-electron chi connectivity index (χ4n) is 4.59. The third-order valence-electron chi connectivity index (χ3n) is 5.94. The Morgan fingerprint density at radius 3 is 2.32 bits per heavy atom. The predicted molar refractivity (Wildman–Crippen MR) is 110 cm³/mol. The molecule has 3 heterocycles. The topological polar surface area (TPSA) is 113 Å². The molecule has 2 amide bonds. The predicted octanol–water partition coefficient (Wildman–Crippen LogP) is 2.19. The molecule has 9 nitrogen and oxygen atoms in total. The highest BCUT2D eigenvalue weighted by Gasteiger charge is 2.64. The van der Waals surface area contributed by atoms with Crippen LogP contribution in [0.3, 0.4) is 0 Å². The van der Waals surface area contributed by atoms with Crippen molar-refractivity contribution in [3.05, 3.63) is 82.4 Å². The molecular weight excluding hydrogens is 400 g/mol. The van der Waals surface area contributed by atoms with Gasteiger partial charge < -0.3 is 0 Å². The maximum atomic E-state index is 13.4. The van der Waals surface area contributed by atoms with Gasteiger partial charge in [-0.25, -0.2) is 4.90 Å². The largest absolute Gasteiger partial charge is 0.292 e. The first-order valence-corrected chi connectivity index (χ1v) is 9.69. The summed E-state index contributed by atoms with van der Waals surface area (Å²) in [4.78, 5) is 51.5. The van der Waals surface area contributed by atoms with Gasteiger partial charge in [0.25, 0.3) is 5.69 Å². The number of hydrogen-bond donors (Lipinski definition) is 0. The van der Waals surface area contributed by atoms with Crippen molar-refractivity contribution in [2.24, 2.45) is 16.9 Å². The van der Waals surface area contributed by atoms with Gasteiger partial charge >= 0.3 is 0 Å². The van der Waals surface area contributed by atoms with Gasteiger partial charge in [-0.15, -0.1) is 0 Å². The molecule has 154 valence electrons. The molecule has 2 saturated heterocycles. The molecule has 0 spiro atoms. The van der Waals surface area contributed by atoms with Gasteiger partial charge in [0.1, 0.15) is 6.04 Å². The fraction of sp³-hybridized carbons (Fsp3) is 0.182. The van der Waals surface area contributed by atoms with Crippen LogP contribution in [0.5, 0.6) is 0 Å². The summed E-state index contributed by atoms with van der Waals surface area (Å²) in [6, 6.07) is 12.4. The van der Waals surface area contributed by atoms with Crippen LogP contribution in [0.15, 0.2) is 71.9 Å². The number of nitrogens with zero attached hydrogens (tertiary/aromatic N) is 4. The third kappa shape index (κ3) is 2.77. The minimum Gasteiger partial charge on any atom is -0.292 e. The standard InChI is InChI=1S/C22H16N4O5/c27-20(13-5-2-1-3-6-13)19-18-17(16-7-4-12-23-25(16)19)21(28)24(22(18)29)14-8-10-15(11-9-14)26(30)31/h1-12,16-19H/t16?,17-,18-,19+/m0/s1. The number of rotatable bonds is 4. The Morgan fingerprint density at radius 1 is 0.968 bits per heavy atom. The van der Waals surface area contributed by atoms with E-state index in [0.717, 1.165) is 4.90 Å². The van der Waals surface area contributed by atoms with Crippen molar-refractivity contribution < 1.29 is 19.3 Å². The molecule has 2 aromatic rings. The molecule has 3 aliphatic rings. The number of non-ortho nitro benzene ring substituents is 1. The summed E-state index contributed by atoms with van der Waals surface area (Å²) < 4.78 is 0. The van der Waals surface area contributed by atoms with E-state index < -0.39 is 40.7 Å². The SMILES string of the molecule is O=C(c1ccccc1)[C@H]1[C@H]2C(=O)N(c3ccc([N+](=O)[O-])cc3)C(=O)[C@H]2C2C=CC=NN21. The second-order valence-corrected chi connectivity index (χ2v) is 7.53. The van der Waals surface area contributed by atoms with E-state index in [-0.39, 0.29) is 17.2 Å². The molecule has 0 saturated carbocycles. The molecule has 1 unspecified atom stereocenters. The van der Waals surface area contributed by atoms with Crippen LogP contribution in [0.2, 0.25) is 0 Å². The van der Waals surface area contributed by atoms with Crippen LogP contribution in [0.1, 0.15) is 10.4 Å². The Morgan fingerprint density at radius 2 is 1.65 bits per heavy atom. The van der Waals surface area contributed by atoms with Gasteiger partial charge in [-0.05, 0) is 18.2 Å². The average molecular weight is 416 g/mol. The lowest BCUT2D eigenvalue weighted by Crippen LogP contribution is -2.46. The monoisotopic (exact) mass is 416 g/mol. The van der Waals surface area contributed by atoms with Gasteiger partial charge in [0, 0.05) is 23.9 Å². The highest BCUT2D eigenvalue weighted by atomic mass is 16.6. The molecule has 0 radical (unpaired) electrons. The van der Waals surface area contributed by atoms with Crippen LogP contribution in [-0.4, -0.2) is 45.8 Å². The Bertz CT molecular complexity index is 1160. The van der Waals surface area contributed by atoms with Crippen LogP contribution >= 0.6 is 0 Å². The van der Waals surface area contributed by atoms with E-state index in [1.165, 1.54) is 30.5 Å². The van der Waals surface area contributed by atoms with Gasteiger partial charge in [0.05, 0.1) is 28.5 Å². The molecule has 2 fully saturated rings. The first kappa shape index (κ1) is 18.9. The minimum atomic E-state index is -0.918. The van der Waals surface area contributed by atoms with Crippen molar-refractivity contribution in [2.45, 2.75) is 12.1 Å². The number of benzene rings is 2. The summed E-state index contributed by atoms with van der Waals surface area (Å²) in [5.41, 5.74) is 0.539. The molecule has 5 rings (SSSR count). The molecule has 0 bridgehead atoms. The fourth-order valence-corrected chi connectivity index (χ4v) is 4.59. The number of anilines is 1. The van der Waals surface area contributed by atoms with Gasteiger partial charge in [-0.2, -0.15) is 5.10 Å². The van der Waals surface area contributed by atoms with Gasteiger partial charge in [-0.1, -0.05) is 36.4 Å². The highest BCUT2D eigenvalue weighted by Crippen LogP contribution is 2.46. The molecule has 9 heteroatoms. The summed E-state index contributed by atoms with van der Waals surface area (Å²) >= 11 is 0. The molecule has 2 aromatic carbocycles. The second-order valence-electron chi connectivity index (χ2n) is 7.53. The van der Waals surface area contributed by atoms with Gasteiger partial charge in [-0.3, -0.25) is 29.5 Å². The van der Waals surface area contributed by atoms with Crippen molar-refractivity contribution in [1.82, 2.24) is 5.01 Å². The molecule has 0 aromatic heterocycles. The van der Waals surface area contributed by atoms with Crippen LogP contribution in [0, 0.1) is 22.0 Å². The molecule has 31 heavy (non-hydrogen) atoms. The lowest BCUT2D eigenvalue weighted by atomic mass is 9.86. The zero-order valence-corrected chi connectivity index (χ0v) is 16.1. The Balaban J connectivity index is 1.55.